The van der Waals surface area contributed by atoms with Crippen molar-refractivity contribution in [3.8, 4) is 0 Å². The minimum absolute atomic E-state index is 0.167. The summed E-state index contributed by atoms with van der Waals surface area (Å²) in [4.78, 5) is 2.74. The Morgan fingerprint density at radius 3 is 1.58 bits per heavy atom. The molecule has 2 unspecified atom stereocenters. The molecular weight excluding hydrogens is 318 g/mol. The van der Waals surface area contributed by atoms with E-state index in [2.05, 4.69) is 65.6 Å². The van der Waals surface area contributed by atoms with E-state index < -0.39 is 0 Å². The molecule has 2 fully saturated rings. The Labute approximate surface area is 158 Å². The van der Waals surface area contributed by atoms with Gasteiger partial charge in [0, 0.05) is 19.1 Å². The lowest BCUT2D eigenvalue weighted by molar-refractivity contribution is -0.103. The molecular formula is C24H31NO. The maximum absolute atomic E-state index is 6.59. The van der Waals surface area contributed by atoms with Crippen LogP contribution < -0.4 is 0 Å². The topological polar surface area (TPSA) is 12.5 Å². The predicted octanol–water partition coefficient (Wildman–Crippen LogP) is 5.91. The van der Waals surface area contributed by atoms with Crippen molar-refractivity contribution in [1.29, 1.82) is 0 Å². The molecule has 26 heavy (non-hydrogen) atoms. The molecule has 2 aromatic rings. The van der Waals surface area contributed by atoms with Gasteiger partial charge in [0.05, 0.1) is 12.2 Å². The van der Waals surface area contributed by atoms with E-state index in [4.69, 9.17) is 4.74 Å². The highest BCUT2D eigenvalue weighted by Crippen LogP contribution is 2.35. The first-order chi connectivity index (χ1) is 12.9. The highest BCUT2D eigenvalue weighted by Gasteiger charge is 2.33. The molecule has 138 valence electrons. The minimum atomic E-state index is 0.167. The largest absolute Gasteiger partial charge is 0.363 e. The summed E-state index contributed by atoms with van der Waals surface area (Å²) < 4.78 is 6.59. The molecule has 0 bridgehead atoms. The minimum Gasteiger partial charge on any atom is -0.363 e. The molecule has 1 saturated heterocycles. The van der Waals surface area contributed by atoms with Crippen LogP contribution in [-0.2, 0) is 4.74 Å². The predicted molar refractivity (Wildman–Crippen MR) is 107 cm³/mol. The number of rotatable bonds is 3. The number of morpholine rings is 1. The Morgan fingerprint density at radius 1 is 0.615 bits per heavy atom. The fraction of sp³-hybridized carbons (Fsp3) is 0.500. The van der Waals surface area contributed by atoms with Crippen LogP contribution in [0.2, 0.25) is 0 Å². The fourth-order valence-electron chi connectivity index (χ4n) is 4.59. The Bertz CT molecular complexity index is 601. The van der Waals surface area contributed by atoms with Crippen LogP contribution in [0.15, 0.2) is 60.7 Å². The number of nitrogens with zero attached hydrogens (tertiary/aromatic N) is 1. The number of hydrogen-bond donors (Lipinski definition) is 0. The normalized spacial score (nSPS) is 26.2. The number of hydrogen-bond acceptors (Lipinski definition) is 2. The van der Waals surface area contributed by atoms with Crippen LogP contribution in [-0.4, -0.2) is 24.0 Å². The molecule has 1 heterocycles. The highest BCUT2D eigenvalue weighted by atomic mass is 16.5. The molecule has 0 radical (unpaired) electrons. The van der Waals surface area contributed by atoms with Gasteiger partial charge in [0.25, 0.3) is 0 Å². The first-order valence-corrected chi connectivity index (χ1v) is 10.4. The van der Waals surface area contributed by atoms with Crippen LogP contribution in [0.25, 0.3) is 0 Å². The maximum atomic E-state index is 6.59. The lowest BCUT2D eigenvalue weighted by atomic mass is 9.93. The summed E-state index contributed by atoms with van der Waals surface area (Å²) in [5.74, 6) is 0. The fourth-order valence-corrected chi connectivity index (χ4v) is 4.59. The van der Waals surface area contributed by atoms with Gasteiger partial charge in [-0.05, 0) is 24.0 Å². The summed E-state index contributed by atoms with van der Waals surface area (Å²) in [6.07, 6.45) is 10.0. The molecule has 2 aromatic carbocycles. The zero-order valence-electron chi connectivity index (χ0n) is 15.7. The lowest BCUT2D eigenvalue weighted by Crippen LogP contribution is -2.46. The van der Waals surface area contributed by atoms with E-state index in [1.807, 2.05) is 0 Å². The quantitative estimate of drug-likeness (QED) is 0.682. The van der Waals surface area contributed by atoms with E-state index in [1.54, 1.807) is 0 Å². The summed E-state index contributed by atoms with van der Waals surface area (Å²) in [5.41, 5.74) is 2.62. The van der Waals surface area contributed by atoms with Crippen molar-refractivity contribution in [2.24, 2.45) is 0 Å². The van der Waals surface area contributed by atoms with E-state index in [9.17, 15) is 0 Å². The Hall–Kier alpha value is -1.64. The molecule has 2 aliphatic rings. The van der Waals surface area contributed by atoms with Gasteiger partial charge in [-0.3, -0.25) is 4.90 Å². The van der Waals surface area contributed by atoms with E-state index in [0.29, 0.717) is 0 Å². The molecule has 2 heteroatoms. The molecule has 0 N–H and O–H groups in total. The van der Waals surface area contributed by atoms with Crippen molar-refractivity contribution in [1.82, 2.24) is 4.90 Å². The summed E-state index contributed by atoms with van der Waals surface area (Å²) in [6, 6.07) is 22.3. The average Bonchev–Trinajstić information content (AvgIpc) is 2.69. The van der Waals surface area contributed by atoms with E-state index in [1.165, 1.54) is 56.1 Å². The van der Waals surface area contributed by atoms with Crippen molar-refractivity contribution in [2.45, 2.75) is 63.2 Å². The average molecular weight is 350 g/mol. The van der Waals surface area contributed by atoms with Crippen LogP contribution in [0, 0.1) is 0 Å². The SMILES string of the molecule is c1ccc(C2CN(C3CCCCCCC3)CC(c3ccccc3)O2)cc1. The van der Waals surface area contributed by atoms with E-state index in [-0.39, 0.29) is 12.2 Å². The monoisotopic (exact) mass is 349 g/mol. The third-order valence-corrected chi connectivity index (χ3v) is 6.06. The van der Waals surface area contributed by atoms with Crippen molar-refractivity contribution in [2.75, 3.05) is 13.1 Å². The Morgan fingerprint density at radius 2 is 1.08 bits per heavy atom. The standard InChI is InChI=1S/C24H31NO/c1-2-10-16-22(17-11-3-1)25-18-23(20-12-6-4-7-13-20)26-24(19-25)21-14-8-5-9-15-21/h4-9,12-15,22-24H,1-3,10-11,16-19H2. The third kappa shape index (κ3) is 4.36. The first-order valence-electron chi connectivity index (χ1n) is 10.4. The molecule has 0 spiro atoms. The smallest absolute Gasteiger partial charge is 0.0960 e. The van der Waals surface area contributed by atoms with Crippen molar-refractivity contribution in [3.63, 3.8) is 0 Å². The van der Waals surface area contributed by atoms with Crippen LogP contribution >= 0.6 is 0 Å². The Kier molecular flexibility index (Phi) is 6.03. The number of benzene rings is 2. The third-order valence-electron chi connectivity index (χ3n) is 6.06. The number of ether oxygens (including phenoxy) is 1. The van der Waals surface area contributed by atoms with Gasteiger partial charge in [0.2, 0.25) is 0 Å². The van der Waals surface area contributed by atoms with Crippen molar-refractivity contribution in [3.05, 3.63) is 71.8 Å². The zero-order chi connectivity index (χ0) is 17.6. The van der Waals surface area contributed by atoms with Gasteiger partial charge < -0.3 is 4.74 Å². The molecule has 0 amide bonds. The molecule has 1 aliphatic carbocycles. The molecule has 0 aromatic heterocycles. The summed E-state index contributed by atoms with van der Waals surface area (Å²) >= 11 is 0. The molecule has 2 nitrogen and oxygen atoms in total. The lowest BCUT2D eigenvalue weighted by Gasteiger charge is -2.43. The summed E-state index contributed by atoms with van der Waals surface area (Å²) in [7, 11) is 0. The van der Waals surface area contributed by atoms with Gasteiger partial charge in [-0.25, -0.2) is 0 Å². The Balaban J connectivity index is 1.56. The molecule has 2 atom stereocenters. The molecule has 1 aliphatic heterocycles. The van der Waals surface area contributed by atoms with Crippen LogP contribution in [0.1, 0.15) is 68.3 Å². The van der Waals surface area contributed by atoms with E-state index >= 15 is 0 Å². The second kappa shape index (κ2) is 8.83. The van der Waals surface area contributed by atoms with Crippen molar-refractivity contribution >= 4 is 0 Å². The second-order valence-electron chi connectivity index (χ2n) is 7.89. The van der Waals surface area contributed by atoms with Crippen LogP contribution in [0.3, 0.4) is 0 Å². The maximum Gasteiger partial charge on any atom is 0.0960 e. The van der Waals surface area contributed by atoms with Gasteiger partial charge in [0.15, 0.2) is 0 Å². The van der Waals surface area contributed by atoms with Crippen molar-refractivity contribution < 1.29 is 4.74 Å². The summed E-state index contributed by atoms with van der Waals surface area (Å²) in [6.45, 7) is 2.05. The first kappa shape index (κ1) is 17.8. The van der Waals surface area contributed by atoms with Gasteiger partial charge in [-0.2, -0.15) is 0 Å². The van der Waals surface area contributed by atoms with Crippen LogP contribution in [0.5, 0.6) is 0 Å². The van der Waals surface area contributed by atoms with E-state index in [0.717, 1.165) is 19.1 Å². The van der Waals surface area contributed by atoms with Gasteiger partial charge in [-0.1, -0.05) is 92.8 Å². The highest BCUT2D eigenvalue weighted by molar-refractivity contribution is 5.22. The molecule has 1 saturated carbocycles. The van der Waals surface area contributed by atoms with Gasteiger partial charge >= 0.3 is 0 Å². The van der Waals surface area contributed by atoms with Gasteiger partial charge in [0.1, 0.15) is 0 Å². The molecule has 4 rings (SSSR count). The van der Waals surface area contributed by atoms with Crippen LogP contribution in [0.4, 0.5) is 0 Å². The zero-order valence-corrected chi connectivity index (χ0v) is 15.7. The van der Waals surface area contributed by atoms with Gasteiger partial charge in [-0.15, -0.1) is 0 Å². The summed E-state index contributed by atoms with van der Waals surface area (Å²) in [5, 5.41) is 0. The second-order valence-corrected chi connectivity index (χ2v) is 7.89.